The Balaban J connectivity index is 1.67. The standard InChI is InChI=1S/C14H18N2OS/c17-13(8-11-9-18-7-6-15-11)12-4-3-10-2-1-5-16-14(10)12/h1-2,5,11-12,15H,3-4,6-9H2. The lowest BCUT2D eigenvalue weighted by Gasteiger charge is -2.23. The Labute approximate surface area is 112 Å². The second-order valence-corrected chi connectivity index (χ2v) is 6.19. The minimum atomic E-state index is 0.0509. The monoisotopic (exact) mass is 262 g/mol. The molecule has 1 aliphatic heterocycles. The molecule has 0 saturated carbocycles. The van der Waals surface area contributed by atoms with Crippen molar-refractivity contribution in [3.63, 3.8) is 0 Å². The van der Waals surface area contributed by atoms with Crippen LogP contribution in [0.3, 0.4) is 0 Å². The number of thioether (sulfide) groups is 1. The minimum absolute atomic E-state index is 0.0509. The first-order chi connectivity index (χ1) is 8.84. The van der Waals surface area contributed by atoms with Crippen LogP contribution < -0.4 is 5.32 Å². The molecule has 2 unspecified atom stereocenters. The molecule has 1 aromatic rings. The molecule has 18 heavy (non-hydrogen) atoms. The largest absolute Gasteiger partial charge is 0.312 e. The molecule has 1 aliphatic carbocycles. The highest BCUT2D eigenvalue weighted by atomic mass is 32.2. The maximum Gasteiger partial charge on any atom is 0.143 e. The summed E-state index contributed by atoms with van der Waals surface area (Å²) in [5.41, 5.74) is 2.30. The van der Waals surface area contributed by atoms with E-state index in [0.29, 0.717) is 18.2 Å². The van der Waals surface area contributed by atoms with Gasteiger partial charge in [0, 0.05) is 36.7 Å². The van der Waals surface area contributed by atoms with E-state index in [4.69, 9.17) is 0 Å². The minimum Gasteiger partial charge on any atom is -0.312 e. The number of aromatic nitrogens is 1. The van der Waals surface area contributed by atoms with Crippen LogP contribution >= 0.6 is 11.8 Å². The highest BCUT2D eigenvalue weighted by Crippen LogP contribution is 2.33. The highest BCUT2D eigenvalue weighted by molar-refractivity contribution is 7.99. The number of carbonyl (C=O) groups excluding carboxylic acids is 1. The van der Waals surface area contributed by atoms with Gasteiger partial charge in [-0.1, -0.05) is 6.07 Å². The van der Waals surface area contributed by atoms with E-state index in [1.807, 2.05) is 17.8 Å². The number of carbonyl (C=O) groups is 1. The van der Waals surface area contributed by atoms with Crippen LogP contribution in [-0.2, 0) is 11.2 Å². The summed E-state index contributed by atoms with van der Waals surface area (Å²) in [7, 11) is 0. The predicted molar refractivity (Wildman–Crippen MR) is 74.0 cm³/mol. The van der Waals surface area contributed by atoms with Crippen molar-refractivity contribution in [1.29, 1.82) is 0 Å². The third-order valence-corrected chi connectivity index (χ3v) is 4.92. The maximum atomic E-state index is 12.4. The molecule has 3 rings (SSSR count). The van der Waals surface area contributed by atoms with Gasteiger partial charge in [-0.25, -0.2) is 0 Å². The Morgan fingerprint density at radius 1 is 1.56 bits per heavy atom. The molecule has 1 fully saturated rings. The van der Waals surface area contributed by atoms with Crippen molar-refractivity contribution in [1.82, 2.24) is 10.3 Å². The SMILES string of the molecule is O=C(CC1CSCCN1)C1CCc2cccnc21. The number of pyridine rings is 1. The van der Waals surface area contributed by atoms with Gasteiger partial charge in [0.25, 0.3) is 0 Å². The first-order valence-electron chi connectivity index (χ1n) is 6.62. The van der Waals surface area contributed by atoms with Crippen LogP contribution in [0.15, 0.2) is 18.3 Å². The second-order valence-electron chi connectivity index (χ2n) is 5.04. The zero-order valence-corrected chi connectivity index (χ0v) is 11.2. The summed E-state index contributed by atoms with van der Waals surface area (Å²) in [5.74, 6) is 2.65. The average molecular weight is 262 g/mol. The third-order valence-electron chi connectivity index (χ3n) is 3.79. The number of nitrogens with zero attached hydrogens (tertiary/aromatic N) is 1. The van der Waals surface area contributed by atoms with Gasteiger partial charge in [-0.3, -0.25) is 9.78 Å². The fraction of sp³-hybridized carbons (Fsp3) is 0.571. The number of nitrogens with one attached hydrogen (secondary N) is 1. The predicted octanol–water partition coefficient (Wildman–Crippen LogP) is 1.78. The number of rotatable bonds is 3. The quantitative estimate of drug-likeness (QED) is 0.901. The molecule has 0 spiro atoms. The lowest BCUT2D eigenvalue weighted by atomic mass is 9.96. The second kappa shape index (κ2) is 5.41. The molecule has 4 heteroatoms. The number of ketones is 1. The van der Waals surface area contributed by atoms with Crippen molar-refractivity contribution in [2.75, 3.05) is 18.1 Å². The number of hydrogen-bond acceptors (Lipinski definition) is 4. The first kappa shape index (κ1) is 12.2. The molecule has 1 saturated heterocycles. The van der Waals surface area contributed by atoms with E-state index in [0.717, 1.165) is 30.8 Å². The Morgan fingerprint density at radius 2 is 2.50 bits per heavy atom. The fourth-order valence-corrected chi connectivity index (χ4v) is 3.81. The van der Waals surface area contributed by atoms with Crippen molar-refractivity contribution >= 4 is 17.5 Å². The lowest BCUT2D eigenvalue weighted by molar-refractivity contribution is -0.120. The Bertz CT molecular complexity index is 443. The summed E-state index contributed by atoms with van der Waals surface area (Å²) in [6, 6.07) is 4.43. The van der Waals surface area contributed by atoms with E-state index in [2.05, 4.69) is 16.4 Å². The Hall–Kier alpha value is -0.870. The van der Waals surface area contributed by atoms with Gasteiger partial charge in [-0.05, 0) is 24.5 Å². The van der Waals surface area contributed by atoms with Crippen LogP contribution in [0, 0.1) is 0 Å². The summed E-state index contributed by atoms with van der Waals surface area (Å²) in [6.45, 7) is 1.03. The van der Waals surface area contributed by atoms with Gasteiger partial charge in [-0.15, -0.1) is 0 Å². The fourth-order valence-electron chi connectivity index (χ4n) is 2.86. The molecule has 2 heterocycles. The van der Waals surface area contributed by atoms with Crippen molar-refractivity contribution in [2.45, 2.75) is 31.2 Å². The smallest absolute Gasteiger partial charge is 0.143 e. The van der Waals surface area contributed by atoms with Crippen LogP contribution in [0.25, 0.3) is 0 Å². The van der Waals surface area contributed by atoms with Gasteiger partial charge in [0.15, 0.2) is 0 Å². The molecule has 1 N–H and O–H groups in total. The van der Waals surface area contributed by atoms with Crippen molar-refractivity contribution in [3.8, 4) is 0 Å². The molecule has 3 nitrogen and oxygen atoms in total. The van der Waals surface area contributed by atoms with Crippen LogP contribution in [0.2, 0.25) is 0 Å². The Kier molecular flexibility index (Phi) is 3.66. The maximum absolute atomic E-state index is 12.4. The molecule has 0 radical (unpaired) electrons. The van der Waals surface area contributed by atoms with Gasteiger partial charge in [-0.2, -0.15) is 11.8 Å². The molecule has 2 aliphatic rings. The van der Waals surface area contributed by atoms with E-state index in [1.54, 1.807) is 6.20 Å². The topological polar surface area (TPSA) is 42.0 Å². The zero-order valence-electron chi connectivity index (χ0n) is 10.4. The highest BCUT2D eigenvalue weighted by Gasteiger charge is 2.31. The van der Waals surface area contributed by atoms with Gasteiger partial charge in [0.1, 0.15) is 5.78 Å². The van der Waals surface area contributed by atoms with Crippen molar-refractivity contribution < 1.29 is 4.79 Å². The van der Waals surface area contributed by atoms with Crippen LogP contribution in [0.5, 0.6) is 0 Å². The van der Waals surface area contributed by atoms with E-state index in [1.165, 1.54) is 11.3 Å². The first-order valence-corrected chi connectivity index (χ1v) is 7.77. The number of aryl methyl sites for hydroxylation is 1. The molecule has 0 bridgehead atoms. The molecule has 1 aromatic heterocycles. The Morgan fingerprint density at radius 3 is 3.33 bits per heavy atom. The summed E-state index contributed by atoms with van der Waals surface area (Å²) < 4.78 is 0. The average Bonchev–Trinajstić information content (AvgIpc) is 2.84. The molecule has 0 amide bonds. The van der Waals surface area contributed by atoms with Gasteiger partial charge < -0.3 is 5.32 Å². The van der Waals surface area contributed by atoms with Crippen molar-refractivity contribution in [2.24, 2.45) is 0 Å². The van der Waals surface area contributed by atoms with Crippen molar-refractivity contribution in [3.05, 3.63) is 29.6 Å². The normalized spacial score (nSPS) is 26.9. The lowest BCUT2D eigenvalue weighted by Crippen LogP contribution is -2.39. The van der Waals surface area contributed by atoms with Crippen LogP contribution in [0.4, 0.5) is 0 Å². The number of hydrogen-bond donors (Lipinski definition) is 1. The molecule has 96 valence electrons. The molecule has 0 aromatic carbocycles. The number of Topliss-reactive ketones (excluding diaryl/α,β-unsaturated/α-hetero) is 1. The van der Waals surface area contributed by atoms with Crippen LogP contribution in [0.1, 0.15) is 30.0 Å². The molecule has 2 atom stereocenters. The van der Waals surface area contributed by atoms with Gasteiger partial charge in [0.2, 0.25) is 0 Å². The van der Waals surface area contributed by atoms with Gasteiger partial charge in [0.05, 0.1) is 11.6 Å². The van der Waals surface area contributed by atoms with E-state index in [-0.39, 0.29) is 5.92 Å². The molecular formula is C14H18N2OS. The van der Waals surface area contributed by atoms with Crippen LogP contribution in [-0.4, -0.2) is 34.9 Å². The van der Waals surface area contributed by atoms with Gasteiger partial charge >= 0.3 is 0 Å². The third kappa shape index (κ3) is 2.45. The summed E-state index contributed by atoms with van der Waals surface area (Å²) in [6.07, 6.45) is 4.42. The van der Waals surface area contributed by atoms with E-state index >= 15 is 0 Å². The molecular weight excluding hydrogens is 244 g/mol. The summed E-state index contributed by atoms with van der Waals surface area (Å²) in [4.78, 5) is 16.8. The zero-order chi connectivity index (χ0) is 12.4. The summed E-state index contributed by atoms with van der Waals surface area (Å²) >= 11 is 1.94. The van der Waals surface area contributed by atoms with E-state index in [9.17, 15) is 4.79 Å². The van der Waals surface area contributed by atoms with E-state index < -0.39 is 0 Å². The number of fused-ring (bicyclic) bond motifs is 1. The summed E-state index contributed by atoms with van der Waals surface area (Å²) in [5, 5.41) is 3.44.